The number of carbonyl (C=O) groups excluding carboxylic acids is 1. The summed E-state index contributed by atoms with van der Waals surface area (Å²) >= 11 is 5.89. The Labute approximate surface area is 113 Å². The molecule has 1 aromatic carbocycles. The molecule has 98 valence electrons. The van der Waals surface area contributed by atoms with E-state index < -0.39 is 0 Å². The van der Waals surface area contributed by atoms with Gasteiger partial charge in [0.1, 0.15) is 0 Å². The number of nitrogens with two attached hydrogens (primary N) is 1. The van der Waals surface area contributed by atoms with E-state index in [1.54, 1.807) is 6.07 Å². The van der Waals surface area contributed by atoms with Crippen molar-refractivity contribution in [3.05, 3.63) is 28.8 Å². The highest BCUT2D eigenvalue weighted by Gasteiger charge is 2.15. The highest BCUT2D eigenvalue weighted by Crippen LogP contribution is 2.21. The standard InChI is InChI=1S/C14H19ClN2O/c15-12-7-6-11(9-13(12)16)10-17-8-4-2-1-3-5-14(17)18/h6-7,9H,1-5,8,10,16H2. The Bertz CT molecular complexity index is 434. The zero-order chi connectivity index (χ0) is 13.0. The molecule has 0 saturated carbocycles. The molecule has 0 spiro atoms. The Kier molecular flexibility index (Phi) is 4.48. The fourth-order valence-corrected chi connectivity index (χ4v) is 2.41. The molecule has 0 atom stereocenters. The zero-order valence-corrected chi connectivity index (χ0v) is 11.2. The molecule has 1 heterocycles. The fourth-order valence-electron chi connectivity index (χ4n) is 2.29. The van der Waals surface area contributed by atoms with Gasteiger partial charge < -0.3 is 10.6 Å². The number of halogens is 1. The molecule has 0 unspecified atom stereocenters. The molecule has 2 N–H and O–H groups in total. The molecule has 1 amide bonds. The van der Waals surface area contributed by atoms with Gasteiger partial charge in [0.15, 0.2) is 0 Å². The summed E-state index contributed by atoms with van der Waals surface area (Å²) in [5, 5.41) is 0.567. The summed E-state index contributed by atoms with van der Waals surface area (Å²) in [5.41, 5.74) is 7.41. The van der Waals surface area contributed by atoms with Crippen LogP contribution in [0.25, 0.3) is 0 Å². The molecule has 0 radical (unpaired) electrons. The summed E-state index contributed by atoms with van der Waals surface area (Å²) in [7, 11) is 0. The second-order valence-corrected chi connectivity index (χ2v) is 5.24. The number of hydrogen-bond donors (Lipinski definition) is 1. The summed E-state index contributed by atoms with van der Waals surface area (Å²) < 4.78 is 0. The molecular formula is C14H19ClN2O. The minimum atomic E-state index is 0.253. The van der Waals surface area contributed by atoms with Crippen LogP contribution in [0.2, 0.25) is 5.02 Å². The summed E-state index contributed by atoms with van der Waals surface area (Å²) in [6.07, 6.45) is 5.16. The quantitative estimate of drug-likeness (QED) is 0.836. The maximum absolute atomic E-state index is 12.0. The van der Waals surface area contributed by atoms with Crippen LogP contribution in [0, 0.1) is 0 Å². The van der Waals surface area contributed by atoms with Gasteiger partial charge in [0.25, 0.3) is 0 Å². The van der Waals surface area contributed by atoms with Gasteiger partial charge in [-0.05, 0) is 30.5 Å². The first-order valence-electron chi connectivity index (χ1n) is 6.48. The van der Waals surface area contributed by atoms with Crippen LogP contribution in [-0.2, 0) is 11.3 Å². The topological polar surface area (TPSA) is 46.3 Å². The molecule has 1 aliphatic heterocycles. The highest BCUT2D eigenvalue weighted by atomic mass is 35.5. The lowest BCUT2D eigenvalue weighted by Crippen LogP contribution is -2.32. The average molecular weight is 267 g/mol. The number of anilines is 1. The lowest BCUT2D eigenvalue weighted by atomic mass is 10.1. The molecule has 1 aliphatic rings. The predicted molar refractivity (Wildman–Crippen MR) is 74.4 cm³/mol. The highest BCUT2D eigenvalue weighted by molar-refractivity contribution is 6.33. The number of nitrogen functional groups attached to an aromatic ring is 1. The molecule has 1 saturated heterocycles. The number of amides is 1. The van der Waals surface area contributed by atoms with Crippen LogP contribution < -0.4 is 5.73 Å². The van der Waals surface area contributed by atoms with Crippen molar-refractivity contribution in [2.24, 2.45) is 0 Å². The maximum Gasteiger partial charge on any atom is 0.222 e. The number of likely N-dealkylation sites (tertiary alicyclic amines) is 1. The number of benzene rings is 1. The van der Waals surface area contributed by atoms with Gasteiger partial charge in [0.05, 0.1) is 10.7 Å². The Hall–Kier alpha value is -1.22. The van der Waals surface area contributed by atoms with Crippen molar-refractivity contribution in [1.82, 2.24) is 4.90 Å². The van der Waals surface area contributed by atoms with Crippen LogP contribution in [-0.4, -0.2) is 17.4 Å². The molecule has 3 nitrogen and oxygen atoms in total. The van der Waals surface area contributed by atoms with Gasteiger partial charge in [0.2, 0.25) is 5.91 Å². The normalized spacial score (nSPS) is 17.4. The van der Waals surface area contributed by atoms with Gasteiger partial charge in [-0.1, -0.05) is 30.5 Å². The molecule has 0 bridgehead atoms. The lowest BCUT2D eigenvalue weighted by Gasteiger charge is -2.25. The lowest BCUT2D eigenvalue weighted by molar-refractivity contribution is -0.132. The number of hydrogen-bond acceptors (Lipinski definition) is 2. The van der Waals surface area contributed by atoms with Gasteiger partial charge in [-0.3, -0.25) is 4.79 Å². The Morgan fingerprint density at radius 2 is 2.00 bits per heavy atom. The molecular weight excluding hydrogens is 248 g/mol. The Morgan fingerprint density at radius 1 is 1.22 bits per heavy atom. The molecule has 1 fully saturated rings. The van der Waals surface area contributed by atoms with E-state index in [0.717, 1.165) is 24.9 Å². The number of carbonyl (C=O) groups is 1. The Balaban J connectivity index is 2.05. The molecule has 1 aromatic rings. The van der Waals surface area contributed by atoms with Crippen molar-refractivity contribution in [1.29, 1.82) is 0 Å². The van der Waals surface area contributed by atoms with Crippen molar-refractivity contribution in [3.63, 3.8) is 0 Å². The molecule has 0 aliphatic carbocycles. The van der Waals surface area contributed by atoms with E-state index in [9.17, 15) is 4.79 Å². The SMILES string of the molecule is Nc1cc(CN2CCCCCCC2=O)ccc1Cl. The molecule has 0 aromatic heterocycles. The largest absolute Gasteiger partial charge is 0.398 e. The first kappa shape index (κ1) is 13.2. The summed E-state index contributed by atoms with van der Waals surface area (Å²) in [5.74, 6) is 0.253. The van der Waals surface area contributed by atoms with Crippen LogP contribution in [0.15, 0.2) is 18.2 Å². The molecule has 4 heteroatoms. The third-order valence-corrected chi connectivity index (χ3v) is 3.70. The predicted octanol–water partition coefficient (Wildman–Crippen LogP) is 3.21. The summed E-state index contributed by atoms with van der Waals surface area (Å²) in [4.78, 5) is 13.9. The van der Waals surface area contributed by atoms with Gasteiger partial charge in [-0.2, -0.15) is 0 Å². The van der Waals surface area contributed by atoms with Crippen LogP contribution >= 0.6 is 11.6 Å². The zero-order valence-electron chi connectivity index (χ0n) is 10.5. The second kappa shape index (κ2) is 6.10. The van der Waals surface area contributed by atoms with Crippen molar-refractivity contribution >= 4 is 23.2 Å². The maximum atomic E-state index is 12.0. The molecule has 18 heavy (non-hydrogen) atoms. The van der Waals surface area contributed by atoms with Crippen molar-refractivity contribution in [3.8, 4) is 0 Å². The monoisotopic (exact) mass is 266 g/mol. The van der Waals surface area contributed by atoms with Crippen LogP contribution in [0.1, 0.15) is 37.7 Å². The van der Waals surface area contributed by atoms with Crippen molar-refractivity contribution in [2.75, 3.05) is 12.3 Å². The van der Waals surface area contributed by atoms with Gasteiger partial charge in [-0.25, -0.2) is 0 Å². The van der Waals surface area contributed by atoms with E-state index in [2.05, 4.69) is 0 Å². The second-order valence-electron chi connectivity index (χ2n) is 4.84. The number of nitrogens with zero attached hydrogens (tertiary/aromatic N) is 1. The first-order chi connectivity index (χ1) is 8.66. The van der Waals surface area contributed by atoms with Crippen LogP contribution in [0.3, 0.4) is 0 Å². The van der Waals surface area contributed by atoms with E-state index in [4.69, 9.17) is 17.3 Å². The van der Waals surface area contributed by atoms with Crippen molar-refractivity contribution in [2.45, 2.75) is 38.6 Å². The minimum absolute atomic E-state index is 0.253. The van der Waals surface area contributed by atoms with Gasteiger partial charge >= 0.3 is 0 Å². The molecule has 2 rings (SSSR count). The number of rotatable bonds is 2. The van der Waals surface area contributed by atoms with Crippen molar-refractivity contribution < 1.29 is 4.79 Å². The third-order valence-electron chi connectivity index (χ3n) is 3.36. The smallest absolute Gasteiger partial charge is 0.222 e. The third kappa shape index (κ3) is 3.39. The summed E-state index contributed by atoms with van der Waals surface area (Å²) in [6, 6.07) is 5.58. The van der Waals surface area contributed by atoms with E-state index in [1.165, 1.54) is 12.8 Å². The minimum Gasteiger partial charge on any atom is -0.398 e. The first-order valence-corrected chi connectivity index (χ1v) is 6.86. The van der Waals surface area contributed by atoms with E-state index >= 15 is 0 Å². The van der Waals surface area contributed by atoms with E-state index in [0.29, 0.717) is 23.7 Å². The van der Waals surface area contributed by atoms with E-state index in [1.807, 2.05) is 17.0 Å². The summed E-state index contributed by atoms with van der Waals surface area (Å²) in [6.45, 7) is 1.49. The van der Waals surface area contributed by atoms with Crippen LogP contribution in [0.4, 0.5) is 5.69 Å². The van der Waals surface area contributed by atoms with Crippen LogP contribution in [0.5, 0.6) is 0 Å². The van der Waals surface area contributed by atoms with Gasteiger partial charge in [0, 0.05) is 19.5 Å². The Morgan fingerprint density at radius 3 is 2.78 bits per heavy atom. The fraction of sp³-hybridized carbons (Fsp3) is 0.500. The van der Waals surface area contributed by atoms with Gasteiger partial charge in [-0.15, -0.1) is 0 Å². The van der Waals surface area contributed by atoms with E-state index in [-0.39, 0.29) is 5.91 Å². The average Bonchev–Trinajstić information content (AvgIpc) is 2.33.